The lowest BCUT2D eigenvalue weighted by Crippen LogP contribution is -1.93. The van der Waals surface area contributed by atoms with Crippen LogP contribution in [0.3, 0.4) is 0 Å². The van der Waals surface area contributed by atoms with Crippen LogP contribution in [0.5, 0.6) is 0 Å². The minimum absolute atomic E-state index is 1.06. The van der Waals surface area contributed by atoms with Crippen molar-refractivity contribution in [1.82, 2.24) is 9.44 Å². The van der Waals surface area contributed by atoms with Crippen molar-refractivity contribution in [3.05, 3.63) is 0 Å². The van der Waals surface area contributed by atoms with Gasteiger partial charge in [0.2, 0.25) is 0 Å². The van der Waals surface area contributed by atoms with Gasteiger partial charge in [0, 0.05) is 11.5 Å². The third kappa shape index (κ3) is 38.5. The molecule has 0 spiro atoms. The van der Waals surface area contributed by atoms with Gasteiger partial charge in [-0.15, -0.1) is 0 Å². The zero-order chi connectivity index (χ0) is 25.2. The summed E-state index contributed by atoms with van der Waals surface area (Å²) in [7, 11) is 0. The molecule has 0 radical (unpaired) electrons. The zero-order valence-corrected chi connectivity index (χ0v) is 24.3. The van der Waals surface area contributed by atoms with E-state index in [1.165, 1.54) is 165 Å². The Morgan fingerprint density at radius 3 is 0.882 bits per heavy atom. The van der Waals surface area contributed by atoms with Crippen LogP contribution in [0.25, 0.3) is 0 Å². The van der Waals surface area contributed by atoms with E-state index in [2.05, 4.69) is 23.3 Å². The van der Waals surface area contributed by atoms with Crippen molar-refractivity contribution in [2.24, 2.45) is 0 Å². The SMILES string of the molecule is CCCCCCCCCCCCCSNC#N.CCCCCCCCCCCCCSNC#N. The van der Waals surface area contributed by atoms with Crippen LogP contribution in [0, 0.1) is 22.9 Å². The predicted molar refractivity (Wildman–Crippen MR) is 155 cm³/mol. The first kappa shape index (κ1) is 35.4. The van der Waals surface area contributed by atoms with Crippen molar-refractivity contribution >= 4 is 23.9 Å². The molecule has 0 aromatic rings. The molecular weight excluding hydrogens is 456 g/mol. The van der Waals surface area contributed by atoms with E-state index in [-0.39, 0.29) is 0 Å². The molecule has 0 aliphatic carbocycles. The fraction of sp³-hybridized carbons (Fsp3) is 0.929. The molecule has 0 saturated heterocycles. The van der Waals surface area contributed by atoms with Gasteiger partial charge in [0.05, 0.1) is 0 Å². The van der Waals surface area contributed by atoms with Gasteiger partial charge in [-0.2, -0.15) is 10.5 Å². The average molecular weight is 513 g/mol. The van der Waals surface area contributed by atoms with Gasteiger partial charge in [-0.1, -0.05) is 142 Å². The summed E-state index contributed by atoms with van der Waals surface area (Å²) in [6, 6.07) is 0. The van der Waals surface area contributed by atoms with Gasteiger partial charge in [0.25, 0.3) is 0 Å². The third-order valence-electron chi connectivity index (χ3n) is 5.94. The normalized spacial score (nSPS) is 10.1. The molecule has 34 heavy (non-hydrogen) atoms. The molecule has 0 amide bonds. The summed E-state index contributed by atoms with van der Waals surface area (Å²) >= 11 is 3.04. The topological polar surface area (TPSA) is 71.6 Å². The standard InChI is InChI=1S/2C14H28N2S/c2*1-2-3-4-5-6-7-8-9-10-11-12-13-17-16-14-15/h2*16H,2-13H2,1H3. The summed E-state index contributed by atoms with van der Waals surface area (Å²) in [4.78, 5) is 0. The largest absolute Gasteiger partial charge is 0.267 e. The number of hydrogen-bond acceptors (Lipinski definition) is 6. The molecule has 0 bridgehead atoms. The Morgan fingerprint density at radius 2 is 0.647 bits per heavy atom. The number of hydrogen-bond donors (Lipinski definition) is 2. The first-order valence-corrected chi connectivity index (χ1v) is 16.3. The molecule has 0 aliphatic heterocycles. The summed E-state index contributed by atoms with van der Waals surface area (Å²) < 4.78 is 5.21. The molecule has 0 aromatic heterocycles. The fourth-order valence-corrected chi connectivity index (χ4v) is 4.87. The second kappa shape index (κ2) is 36.8. The van der Waals surface area contributed by atoms with Crippen molar-refractivity contribution in [3.63, 3.8) is 0 Å². The molecule has 0 fully saturated rings. The molecule has 2 N–H and O–H groups in total. The Labute approximate surface area is 222 Å². The highest BCUT2D eigenvalue weighted by Crippen LogP contribution is 2.13. The number of nitrogens with one attached hydrogen (secondary N) is 2. The van der Waals surface area contributed by atoms with Gasteiger partial charge >= 0.3 is 0 Å². The van der Waals surface area contributed by atoms with Gasteiger partial charge in [-0.3, -0.25) is 9.44 Å². The van der Waals surface area contributed by atoms with Gasteiger partial charge in [-0.25, -0.2) is 0 Å². The second-order valence-electron chi connectivity index (χ2n) is 9.20. The number of nitriles is 2. The van der Waals surface area contributed by atoms with Crippen molar-refractivity contribution in [2.75, 3.05) is 11.5 Å². The van der Waals surface area contributed by atoms with Crippen LogP contribution >= 0.6 is 23.9 Å². The van der Waals surface area contributed by atoms with Crippen LogP contribution in [-0.2, 0) is 0 Å². The Hall–Kier alpha value is -0.720. The Kier molecular flexibility index (Phi) is 38.4. The summed E-state index contributed by atoms with van der Waals surface area (Å²) in [6.45, 7) is 4.54. The first-order chi connectivity index (χ1) is 16.8. The van der Waals surface area contributed by atoms with Gasteiger partial charge < -0.3 is 0 Å². The van der Waals surface area contributed by atoms with Crippen LogP contribution in [0.2, 0.25) is 0 Å². The molecule has 4 nitrogen and oxygen atoms in total. The molecule has 0 saturated carbocycles. The maximum atomic E-state index is 8.26. The number of unbranched alkanes of at least 4 members (excludes halogenated alkanes) is 20. The maximum Gasteiger partial charge on any atom is 0.187 e. The molecular formula is C28H56N4S2. The van der Waals surface area contributed by atoms with Gasteiger partial charge in [0.1, 0.15) is 0 Å². The summed E-state index contributed by atoms with van der Waals surface area (Å²) in [5, 5.41) is 16.5. The Balaban J connectivity index is 0. The summed E-state index contributed by atoms with van der Waals surface area (Å²) in [5.41, 5.74) is 0. The van der Waals surface area contributed by atoms with E-state index in [4.69, 9.17) is 10.5 Å². The molecule has 0 rings (SSSR count). The monoisotopic (exact) mass is 512 g/mol. The van der Waals surface area contributed by atoms with Crippen LogP contribution in [0.4, 0.5) is 0 Å². The molecule has 0 atom stereocenters. The summed E-state index contributed by atoms with van der Waals surface area (Å²) in [6.07, 6.45) is 34.2. The molecule has 0 unspecified atom stereocenters. The average Bonchev–Trinajstić information content (AvgIpc) is 2.85. The molecule has 0 heterocycles. The molecule has 200 valence electrons. The first-order valence-electron chi connectivity index (χ1n) is 14.3. The van der Waals surface area contributed by atoms with Crippen molar-refractivity contribution in [2.45, 2.75) is 155 Å². The van der Waals surface area contributed by atoms with Crippen molar-refractivity contribution in [1.29, 1.82) is 10.5 Å². The second-order valence-corrected chi connectivity index (χ2v) is 11.0. The Bertz CT molecular complexity index is 395. The van der Waals surface area contributed by atoms with E-state index in [9.17, 15) is 0 Å². The van der Waals surface area contributed by atoms with E-state index < -0.39 is 0 Å². The lowest BCUT2D eigenvalue weighted by molar-refractivity contribution is 0.555. The minimum Gasteiger partial charge on any atom is -0.267 e. The Morgan fingerprint density at radius 1 is 0.412 bits per heavy atom. The lowest BCUT2D eigenvalue weighted by Gasteiger charge is -2.02. The molecule has 0 aliphatic rings. The highest BCUT2D eigenvalue weighted by molar-refractivity contribution is 7.97. The molecule has 0 aromatic carbocycles. The summed E-state index contributed by atoms with van der Waals surface area (Å²) in [5.74, 6) is 2.12. The highest BCUT2D eigenvalue weighted by atomic mass is 32.2. The van der Waals surface area contributed by atoms with Crippen molar-refractivity contribution < 1.29 is 0 Å². The maximum absolute atomic E-state index is 8.26. The molecule has 6 heteroatoms. The van der Waals surface area contributed by atoms with E-state index in [1.54, 1.807) is 0 Å². The van der Waals surface area contributed by atoms with E-state index in [0.29, 0.717) is 0 Å². The van der Waals surface area contributed by atoms with Crippen LogP contribution in [0.1, 0.15) is 155 Å². The van der Waals surface area contributed by atoms with E-state index >= 15 is 0 Å². The predicted octanol–water partition coefficient (Wildman–Crippen LogP) is 10.0. The van der Waals surface area contributed by atoms with Crippen LogP contribution < -0.4 is 9.44 Å². The lowest BCUT2D eigenvalue weighted by atomic mass is 10.1. The third-order valence-corrected chi connectivity index (χ3v) is 7.39. The van der Waals surface area contributed by atoms with Gasteiger partial charge in [0.15, 0.2) is 12.4 Å². The van der Waals surface area contributed by atoms with Crippen molar-refractivity contribution in [3.8, 4) is 12.4 Å². The fourth-order valence-electron chi connectivity index (χ4n) is 3.84. The van der Waals surface area contributed by atoms with Crippen LogP contribution in [-0.4, -0.2) is 11.5 Å². The minimum atomic E-state index is 1.06. The zero-order valence-electron chi connectivity index (χ0n) is 22.7. The highest BCUT2D eigenvalue weighted by Gasteiger charge is 1.94. The van der Waals surface area contributed by atoms with E-state index in [1.807, 2.05) is 12.4 Å². The van der Waals surface area contributed by atoms with Gasteiger partial charge in [-0.05, 0) is 36.7 Å². The smallest absolute Gasteiger partial charge is 0.187 e. The number of rotatable bonds is 26. The van der Waals surface area contributed by atoms with Crippen LogP contribution in [0.15, 0.2) is 0 Å². The van der Waals surface area contributed by atoms with E-state index in [0.717, 1.165) is 11.5 Å². The number of nitrogens with zero attached hydrogens (tertiary/aromatic N) is 2. The quantitative estimate of drug-likeness (QED) is 0.0520.